The number of hydrogen-bond acceptors (Lipinski definition) is 6. The van der Waals surface area contributed by atoms with E-state index in [1.165, 1.54) is 16.9 Å². The van der Waals surface area contributed by atoms with Crippen LogP contribution in [0, 0.1) is 0 Å². The van der Waals surface area contributed by atoms with Gasteiger partial charge in [-0.15, -0.1) is 11.3 Å². The largest absolute Gasteiger partial charge is 0.339 e. The summed E-state index contributed by atoms with van der Waals surface area (Å²) in [5, 5.41) is 9.67. The highest BCUT2D eigenvalue weighted by molar-refractivity contribution is 7.09. The molecule has 0 saturated heterocycles. The number of aromatic nitrogens is 3. The van der Waals surface area contributed by atoms with Gasteiger partial charge in [-0.25, -0.2) is 4.98 Å². The highest BCUT2D eigenvalue weighted by atomic mass is 32.1. The van der Waals surface area contributed by atoms with Gasteiger partial charge in [0.1, 0.15) is 5.69 Å². The maximum atomic E-state index is 12.6. The molecule has 142 valence electrons. The zero-order chi connectivity index (χ0) is 19.7. The summed E-state index contributed by atoms with van der Waals surface area (Å²) in [5.74, 6) is 0.733. The van der Waals surface area contributed by atoms with Crippen LogP contribution in [0.4, 0.5) is 0 Å². The molecule has 1 amide bonds. The first-order chi connectivity index (χ1) is 12.6. The molecule has 7 heteroatoms. The maximum absolute atomic E-state index is 12.6. The van der Waals surface area contributed by atoms with Crippen molar-refractivity contribution < 1.29 is 9.32 Å². The van der Waals surface area contributed by atoms with Gasteiger partial charge >= 0.3 is 0 Å². The quantitative estimate of drug-likeness (QED) is 0.717. The van der Waals surface area contributed by atoms with Crippen LogP contribution in [0.5, 0.6) is 0 Å². The van der Waals surface area contributed by atoms with E-state index in [1.807, 2.05) is 65.0 Å². The molecule has 0 saturated carbocycles. The minimum absolute atomic E-state index is 0.243. The fraction of sp³-hybridized carbons (Fsp3) is 0.400. The second kappa shape index (κ2) is 7.23. The van der Waals surface area contributed by atoms with Gasteiger partial charge in [0.2, 0.25) is 5.89 Å². The van der Waals surface area contributed by atoms with E-state index in [9.17, 15) is 4.79 Å². The van der Waals surface area contributed by atoms with E-state index >= 15 is 0 Å². The predicted molar refractivity (Wildman–Crippen MR) is 105 cm³/mol. The monoisotopic (exact) mass is 384 g/mol. The first kappa shape index (κ1) is 19.2. The van der Waals surface area contributed by atoms with Gasteiger partial charge in [0, 0.05) is 17.2 Å². The fourth-order valence-electron chi connectivity index (χ4n) is 2.45. The summed E-state index contributed by atoms with van der Waals surface area (Å²) in [6.07, 6.45) is 0.710. The van der Waals surface area contributed by atoms with E-state index in [-0.39, 0.29) is 11.3 Å². The Bertz CT molecular complexity index is 923. The standard InChI is InChI=1S/C20H24N4O2S/c1-19(2,3)18-22-17(24-26-18)20(4,5)23-16(25)14-12-27-15(21-14)11-13-9-7-6-8-10-13/h6-10,12H,11H2,1-5H3,(H,23,25). The summed E-state index contributed by atoms with van der Waals surface area (Å²) in [4.78, 5) is 21.6. The van der Waals surface area contributed by atoms with Gasteiger partial charge in [-0.1, -0.05) is 56.3 Å². The third kappa shape index (κ3) is 4.60. The molecule has 0 aliphatic rings. The van der Waals surface area contributed by atoms with Gasteiger partial charge in [-0.05, 0) is 19.4 Å². The molecule has 0 fully saturated rings. The van der Waals surface area contributed by atoms with Crippen molar-refractivity contribution in [1.29, 1.82) is 0 Å². The van der Waals surface area contributed by atoms with Crippen LogP contribution in [-0.2, 0) is 17.4 Å². The minimum Gasteiger partial charge on any atom is -0.339 e. The zero-order valence-corrected chi connectivity index (χ0v) is 17.1. The van der Waals surface area contributed by atoms with E-state index in [2.05, 4.69) is 20.4 Å². The Balaban J connectivity index is 1.70. The molecule has 2 aromatic heterocycles. The van der Waals surface area contributed by atoms with E-state index in [1.54, 1.807) is 5.38 Å². The molecule has 0 aliphatic carbocycles. The van der Waals surface area contributed by atoms with Crippen molar-refractivity contribution in [2.24, 2.45) is 0 Å². The van der Waals surface area contributed by atoms with E-state index in [4.69, 9.17) is 4.52 Å². The van der Waals surface area contributed by atoms with Crippen LogP contribution in [0.15, 0.2) is 40.2 Å². The fourth-order valence-corrected chi connectivity index (χ4v) is 3.26. The lowest BCUT2D eigenvalue weighted by Crippen LogP contribution is -2.42. The lowest BCUT2D eigenvalue weighted by atomic mass is 9.97. The molecule has 0 aliphatic heterocycles. The summed E-state index contributed by atoms with van der Waals surface area (Å²) in [7, 11) is 0. The number of hydrogen-bond donors (Lipinski definition) is 1. The van der Waals surface area contributed by atoms with E-state index < -0.39 is 5.54 Å². The summed E-state index contributed by atoms with van der Waals surface area (Å²) in [6, 6.07) is 10.1. The molecule has 6 nitrogen and oxygen atoms in total. The van der Waals surface area contributed by atoms with Crippen molar-refractivity contribution in [3.8, 4) is 0 Å². The molecule has 1 N–H and O–H groups in total. The Morgan fingerprint density at radius 1 is 1.11 bits per heavy atom. The number of carbonyl (C=O) groups is 1. The summed E-state index contributed by atoms with van der Waals surface area (Å²) < 4.78 is 5.35. The molecule has 0 bridgehead atoms. The number of carbonyl (C=O) groups excluding carboxylic acids is 1. The average Bonchev–Trinajstić information content (AvgIpc) is 3.25. The van der Waals surface area contributed by atoms with Crippen molar-refractivity contribution in [1.82, 2.24) is 20.4 Å². The van der Waals surface area contributed by atoms with Gasteiger partial charge in [0.15, 0.2) is 5.82 Å². The number of nitrogens with zero attached hydrogens (tertiary/aromatic N) is 3. The van der Waals surface area contributed by atoms with Gasteiger partial charge in [0.05, 0.1) is 10.5 Å². The van der Waals surface area contributed by atoms with E-state index in [0.717, 1.165) is 5.01 Å². The van der Waals surface area contributed by atoms with E-state index in [0.29, 0.717) is 23.8 Å². The molecular weight excluding hydrogens is 360 g/mol. The minimum atomic E-state index is -0.771. The van der Waals surface area contributed by atoms with Crippen molar-refractivity contribution in [3.05, 3.63) is 63.7 Å². The van der Waals surface area contributed by atoms with Gasteiger partial charge in [0.25, 0.3) is 5.91 Å². The van der Waals surface area contributed by atoms with Gasteiger partial charge in [-0.2, -0.15) is 4.98 Å². The highest BCUT2D eigenvalue weighted by Gasteiger charge is 2.32. The zero-order valence-electron chi connectivity index (χ0n) is 16.2. The third-order valence-electron chi connectivity index (χ3n) is 4.04. The number of amides is 1. The molecule has 0 spiro atoms. The van der Waals surface area contributed by atoms with Crippen molar-refractivity contribution in [3.63, 3.8) is 0 Å². The molecule has 0 radical (unpaired) electrons. The molecule has 27 heavy (non-hydrogen) atoms. The number of thiazole rings is 1. The number of benzene rings is 1. The number of rotatable bonds is 5. The van der Waals surface area contributed by atoms with Crippen LogP contribution >= 0.6 is 11.3 Å². The third-order valence-corrected chi connectivity index (χ3v) is 4.88. The molecule has 3 rings (SSSR count). The molecule has 0 atom stereocenters. The molecule has 0 unspecified atom stereocenters. The molecule has 3 aromatic rings. The van der Waals surface area contributed by atoms with Gasteiger partial charge in [-0.3, -0.25) is 4.79 Å². The van der Waals surface area contributed by atoms with Crippen LogP contribution < -0.4 is 5.32 Å². The van der Waals surface area contributed by atoms with Crippen LogP contribution in [0.25, 0.3) is 0 Å². The lowest BCUT2D eigenvalue weighted by molar-refractivity contribution is 0.0902. The Morgan fingerprint density at radius 3 is 2.44 bits per heavy atom. The van der Waals surface area contributed by atoms with Crippen LogP contribution in [0.1, 0.15) is 67.4 Å². The maximum Gasteiger partial charge on any atom is 0.271 e. The van der Waals surface area contributed by atoms with Crippen molar-refractivity contribution in [2.45, 2.75) is 52.0 Å². The summed E-state index contributed by atoms with van der Waals surface area (Å²) in [6.45, 7) is 9.69. The number of nitrogens with one attached hydrogen (secondary N) is 1. The predicted octanol–water partition coefficient (Wildman–Crippen LogP) is 4.08. The topological polar surface area (TPSA) is 80.9 Å². The first-order valence-electron chi connectivity index (χ1n) is 8.81. The average molecular weight is 385 g/mol. The molecule has 1 aromatic carbocycles. The van der Waals surface area contributed by atoms with Crippen LogP contribution in [0.2, 0.25) is 0 Å². The smallest absolute Gasteiger partial charge is 0.271 e. The second-order valence-corrected chi connectivity index (χ2v) is 8.98. The second-order valence-electron chi connectivity index (χ2n) is 8.04. The Labute approximate surface area is 163 Å². The van der Waals surface area contributed by atoms with Crippen molar-refractivity contribution >= 4 is 17.2 Å². The van der Waals surface area contributed by atoms with Gasteiger partial charge < -0.3 is 9.84 Å². The summed E-state index contributed by atoms with van der Waals surface area (Å²) >= 11 is 1.48. The molecular formula is C20H24N4O2S. The Morgan fingerprint density at radius 2 is 1.81 bits per heavy atom. The first-order valence-corrected chi connectivity index (χ1v) is 9.68. The van der Waals surface area contributed by atoms with Crippen LogP contribution in [-0.4, -0.2) is 21.0 Å². The molecule has 2 heterocycles. The Hall–Kier alpha value is -2.54. The SMILES string of the molecule is CC(C)(C)c1nc(C(C)(C)NC(=O)c2csc(Cc3ccccc3)n2)no1. The Kier molecular flexibility index (Phi) is 5.15. The van der Waals surface area contributed by atoms with Crippen molar-refractivity contribution in [2.75, 3.05) is 0 Å². The normalized spacial score (nSPS) is 12.2. The highest BCUT2D eigenvalue weighted by Crippen LogP contribution is 2.24. The van der Waals surface area contributed by atoms with Crippen LogP contribution in [0.3, 0.4) is 0 Å². The lowest BCUT2D eigenvalue weighted by Gasteiger charge is -2.21. The summed E-state index contributed by atoms with van der Waals surface area (Å²) in [5.41, 5.74) is 0.555.